The van der Waals surface area contributed by atoms with E-state index in [1.807, 2.05) is 13.8 Å². The molecule has 0 saturated carbocycles. The molecule has 0 spiro atoms. The minimum atomic E-state index is -0.693. The predicted octanol–water partition coefficient (Wildman–Crippen LogP) is 2.14. The van der Waals surface area contributed by atoms with Gasteiger partial charge in [0.25, 0.3) is 0 Å². The third-order valence-electron chi connectivity index (χ3n) is 1.49. The van der Waals surface area contributed by atoms with E-state index in [4.69, 9.17) is 10.2 Å². The summed E-state index contributed by atoms with van der Waals surface area (Å²) in [5, 5.41) is 16.1. The van der Waals surface area contributed by atoms with E-state index >= 15 is 0 Å². The van der Waals surface area contributed by atoms with Gasteiger partial charge in [-0.1, -0.05) is 26.7 Å². The summed E-state index contributed by atoms with van der Waals surface area (Å²) in [6.45, 7) is 3.95. The predicted molar refractivity (Wildman–Crippen MR) is 60.1 cm³/mol. The van der Waals surface area contributed by atoms with Gasteiger partial charge >= 0.3 is 11.9 Å². The molecule has 0 heterocycles. The molecule has 0 unspecified atom stereocenters. The van der Waals surface area contributed by atoms with Crippen LogP contribution in [0, 0.1) is 0 Å². The Hall–Kier alpha value is 0.200. The summed E-state index contributed by atoms with van der Waals surface area (Å²) in [5.41, 5.74) is 0. The van der Waals surface area contributed by atoms with Gasteiger partial charge in [0.2, 0.25) is 0 Å². The SMILES string of the molecule is CCCCC(=O)O.CCCCC(=O)O.[Ca]. The smallest absolute Gasteiger partial charge is 0.303 e. The molecule has 86 valence electrons. The van der Waals surface area contributed by atoms with Crippen LogP contribution in [0.5, 0.6) is 0 Å². The van der Waals surface area contributed by atoms with E-state index in [1.165, 1.54) is 0 Å². The summed E-state index contributed by atoms with van der Waals surface area (Å²) in [6, 6.07) is 0. The molecule has 15 heavy (non-hydrogen) atoms. The van der Waals surface area contributed by atoms with Crippen molar-refractivity contribution in [1.29, 1.82) is 0 Å². The quantitative estimate of drug-likeness (QED) is 0.702. The van der Waals surface area contributed by atoms with E-state index in [-0.39, 0.29) is 37.7 Å². The molecule has 0 aliphatic carbocycles. The molecule has 0 bridgehead atoms. The van der Waals surface area contributed by atoms with Crippen molar-refractivity contribution in [2.45, 2.75) is 52.4 Å². The van der Waals surface area contributed by atoms with Crippen LogP contribution in [-0.4, -0.2) is 59.9 Å². The fourth-order valence-corrected chi connectivity index (χ4v) is 0.656. The van der Waals surface area contributed by atoms with E-state index < -0.39 is 11.9 Å². The third-order valence-corrected chi connectivity index (χ3v) is 1.49. The number of carboxylic acids is 2. The summed E-state index contributed by atoms with van der Waals surface area (Å²) >= 11 is 0. The van der Waals surface area contributed by atoms with Crippen LogP contribution in [0.3, 0.4) is 0 Å². The average molecular weight is 244 g/mol. The second kappa shape index (κ2) is 16.6. The maximum Gasteiger partial charge on any atom is 0.303 e. The number of hydrogen-bond acceptors (Lipinski definition) is 2. The van der Waals surface area contributed by atoms with Crippen molar-refractivity contribution >= 4 is 49.7 Å². The number of unbranched alkanes of at least 4 members (excludes halogenated alkanes) is 2. The number of carboxylic acid groups (broad SMARTS) is 2. The summed E-state index contributed by atoms with van der Waals surface area (Å²) < 4.78 is 0. The Morgan fingerprint density at radius 2 is 1.13 bits per heavy atom. The van der Waals surface area contributed by atoms with Crippen LogP contribution in [0.4, 0.5) is 0 Å². The van der Waals surface area contributed by atoms with Gasteiger partial charge in [0, 0.05) is 50.6 Å². The summed E-state index contributed by atoms with van der Waals surface area (Å²) in [6.07, 6.45) is 4.16. The van der Waals surface area contributed by atoms with Crippen molar-refractivity contribution in [2.75, 3.05) is 0 Å². The molecule has 2 N–H and O–H groups in total. The first-order chi connectivity index (χ1) is 6.54. The fourth-order valence-electron chi connectivity index (χ4n) is 0.656. The Bertz CT molecular complexity index is 142. The zero-order valence-corrected chi connectivity index (χ0v) is 11.9. The topological polar surface area (TPSA) is 74.6 Å². The van der Waals surface area contributed by atoms with Crippen molar-refractivity contribution < 1.29 is 19.8 Å². The molecule has 0 aromatic rings. The van der Waals surface area contributed by atoms with Gasteiger partial charge in [0.15, 0.2) is 0 Å². The second-order valence-electron chi connectivity index (χ2n) is 2.99. The van der Waals surface area contributed by atoms with Crippen LogP contribution in [0.1, 0.15) is 52.4 Å². The third kappa shape index (κ3) is 31.4. The molecule has 0 atom stereocenters. The zero-order valence-electron chi connectivity index (χ0n) is 9.66. The normalized spacial score (nSPS) is 8.13. The number of rotatable bonds is 6. The van der Waals surface area contributed by atoms with Crippen molar-refractivity contribution in [3.63, 3.8) is 0 Å². The van der Waals surface area contributed by atoms with Gasteiger partial charge in [-0.05, 0) is 12.8 Å². The minimum absolute atomic E-state index is 0. The van der Waals surface area contributed by atoms with Crippen LogP contribution < -0.4 is 0 Å². The van der Waals surface area contributed by atoms with Gasteiger partial charge in [-0.3, -0.25) is 9.59 Å². The Labute approximate surface area is 121 Å². The van der Waals surface area contributed by atoms with Crippen LogP contribution in [0.2, 0.25) is 0 Å². The van der Waals surface area contributed by atoms with E-state index in [0.29, 0.717) is 12.8 Å². The van der Waals surface area contributed by atoms with Crippen molar-refractivity contribution in [3.05, 3.63) is 0 Å². The van der Waals surface area contributed by atoms with Crippen molar-refractivity contribution in [1.82, 2.24) is 0 Å². The molecular weight excluding hydrogens is 224 g/mol. The van der Waals surface area contributed by atoms with Gasteiger partial charge < -0.3 is 10.2 Å². The largest absolute Gasteiger partial charge is 0.481 e. The Balaban J connectivity index is -0.000000180. The first-order valence-corrected chi connectivity index (χ1v) is 4.98. The van der Waals surface area contributed by atoms with E-state index in [1.54, 1.807) is 0 Å². The zero-order chi connectivity index (χ0) is 11.4. The minimum Gasteiger partial charge on any atom is -0.481 e. The molecule has 5 heteroatoms. The Morgan fingerprint density at radius 3 is 1.20 bits per heavy atom. The van der Waals surface area contributed by atoms with Gasteiger partial charge in [-0.15, -0.1) is 0 Å². The maximum atomic E-state index is 9.76. The summed E-state index contributed by atoms with van der Waals surface area (Å²) in [7, 11) is 0. The fraction of sp³-hybridized carbons (Fsp3) is 0.800. The monoisotopic (exact) mass is 244 g/mol. The summed E-state index contributed by atoms with van der Waals surface area (Å²) in [5.74, 6) is -1.39. The standard InChI is InChI=1S/2C5H10O2.Ca/c2*1-2-3-4-5(6)7;/h2*2-4H2,1H3,(H,6,7);. The maximum absolute atomic E-state index is 9.76. The molecule has 2 radical (unpaired) electrons. The Morgan fingerprint density at radius 1 is 0.867 bits per heavy atom. The molecule has 0 aliphatic heterocycles. The van der Waals surface area contributed by atoms with Crippen molar-refractivity contribution in [3.8, 4) is 0 Å². The van der Waals surface area contributed by atoms with Gasteiger partial charge in [-0.2, -0.15) is 0 Å². The molecule has 0 aromatic heterocycles. The van der Waals surface area contributed by atoms with Crippen LogP contribution >= 0.6 is 0 Å². The second-order valence-corrected chi connectivity index (χ2v) is 2.99. The Kier molecular flexibility index (Phi) is 22.8. The molecule has 0 saturated heterocycles. The average Bonchev–Trinajstić information content (AvgIpc) is 2.12. The van der Waals surface area contributed by atoms with E-state index in [9.17, 15) is 9.59 Å². The van der Waals surface area contributed by atoms with E-state index in [0.717, 1.165) is 25.7 Å². The van der Waals surface area contributed by atoms with Gasteiger partial charge in [-0.25, -0.2) is 0 Å². The number of carbonyl (C=O) groups is 2. The first-order valence-electron chi connectivity index (χ1n) is 4.98. The molecule has 0 amide bonds. The molecule has 4 nitrogen and oxygen atoms in total. The number of hydrogen-bond donors (Lipinski definition) is 2. The van der Waals surface area contributed by atoms with Crippen LogP contribution in [-0.2, 0) is 9.59 Å². The van der Waals surface area contributed by atoms with Crippen LogP contribution in [0.25, 0.3) is 0 Å². The molecule has 0 aliphatic rings. The molecule has 0 rings (SSSR count). The van der Waals surface area contributed by atoms with Crippen molar-refractivity contribution in [2.24, 2.45) is 0 Å². The molecular formula is C10H20CaO4. The van der Waals surface area contributed by atoms with E-state index in [2.05, 4.69) is 0 Å². The molecule has 0 fully saturated rings. The van der Waals surface area contributed by atoms with Gasteiger partial charge in [0.05, 0.1) is 0 Å². The van der Waals surface area contributed by atoms with Gasteiger partial charge in [0.1, 0.15) is 0 Å². The van der Waals surface area contributed by atoms with Crippen LogP contribution in [0.15, 0.2) is 0 Å². The summed E-state index contributed by atoms with van der Waals surface area (Å²) in [4.78, 5) is 19.5. The molecule has 0 aromatic carbocycles. The number of aliphatic carboxylic acids is 2. The first kappa shape index (κ1) is 20.6.